The van der Waals surface area contributed by atoms with E-state index < -0.39 is 35.0 Å². The van der Waals surface area contributed by atoms with Gasteiger partial charge in [0.2, 0.25) is 0 Å². The molecule has 0 N–H and O–H groups in total. The van der Waals surface area contributed by atoms with E-state index in [4.69, 9.17) is 18.9 Å². The Balaban J connectivity index is 1.62. The van der Waals surface area contributed by atoms with Crippen LogP contribution in [0.4, 0.5) is 0 Å². The van der Waals surface area contributed by atoms with Gasteiger partial charge in [0.25, 0.3) is 0 Å². The molecule has 0 aliphatic heterocycles. The molecule has 0 aromatic heterocycles. The molecule has 5 aliphatic carbocycles. The van der Waals surface area contributed by atoms with Crippen molar-refractivity contribution in [1.82, 2.24) is 0 Å². The molecule has 0 spiro atoms. The maximum absolute atomic E-state index is 13.6. The highest BCUT2D eigenvalue weighted by atomic mass is 16.6. The van der Waals surface area contributed by atoms with E-state index in [-0.39, 0.29) is 58.0 Å². The highest BCUT2D eigenvalue weighted by Crippen LogP contribution is 2.76. The Hall–Kier alpha value is -2.38. The number of allylic oxidation sites excluding steroid dienone is 2. The van der Waals surface area contributed by atoms with Crippen molar-refractivity contribution in [2.75, 3.05) is 13.7 Å². The fourth-order valence-corrected chi connectivity index (χ4v) is 11.9. The summed E-state index contributed by atoms with van der Waals surface area (Å²) in [6.45, 7) is 18.2. The molecular formula is C37H56O8. The first kappa shape index (κ1) is 34.0. The Kier molecular flexibility index (Phi) is 8.39. The molecule has 0 bridgehead atoms. The highest BCUT2D eigenvalue weighted by molar-refractivity contribution is 5.78. The van der Waals surface area contributed by atoms with E-state index in [1.54, 1.807) is 0 Å². The molecule has 8 heteroatoms. The van der Waals surface area contributed by atoms with Crippen LogP contribution in [-0.4, -0.2) is 49.8 Å². The molecule has 10 atom stereocenters. The fourth-order valence-electron chi connectivity index (χ4n) is 11.9. The molecule has 252 valence electrons. The van der Waals surface area contributed by atoms with E-state index in [2.05, 4.69) is 40.7 Å². The zero-order valence-corrected chi connectivity index (χ0v) is 29.3. The molecule has 0 amide bonds. The standard InChI is InChI=1S/C37H56O8/c1-22(38)43-21-34(7)28-13-14-36(9)29(33(28,6)20-27(44-23(2)39)30(34)45-24(3)40)12-11-25-26-19-32(4,5)15-17-37(26,31(41)42-10)18-16-35(25,36)8/h11,26-30H,12-21H2,1-10H3/t26-,27+,28+,29+,30+,33-,34+,35+,36+,37-/m0/s1. The maximum Gasteiger partial charge on any atom is 0.312 e. The summed E-state index contributed by atoms with van der Waals surface area (Å²) in [5, 5.41) is 0. The summed E-state index contributed by atoms with van der Waals surface area (Å²) in [4.78, 5) is 50.6. The van der Waals surface area contributed by atoms with Crippen molar-refractivity contribution in [1.29, 1.82) is 0 Å². The van der Waals surface area contributed by atoms with Gasteiger partial charge < -0.3 is 18.9 Å². The molecule has 0 aromatic carbocycles. The van der Waals surface area contributed by atoms with E-state index in [1.165, 1.54) is 33.5 Å². The summed E-state index contributed by atoms with van der Waals surface area (Å²) in [5.74, 6) is -0.853. The third kappa shape index (κ3) is 5.06. The van der Waals surface area contributed by atoms with Crippen LogP contribution in [0, 0.1) is 50.2 Å². The normalized spacial score (nSPS) is 44.8. The van der Waals surface area contributed by atoms with Crippen LogP contribution in [0.3, 0.4) is 0 Å². The van der Waals surface area contributed by atoms with E-state index in [9.17, 15) is 19.2 Å². The maximum atomic E-state index is 13.6. The Labute approximate surface area is 269 Å². The van der Waals surface area contributed by atoms with Gasteiger partial charge in [0, 0.05) is 26.2 Å². The van der Waals surface area contributed by atoms with E-state index >= 15 is 0 Å². The van der Waals surface area contributed by atoms with Crippen LogP contribution < -0.4 is 0 Å². The number of rotatable bonds is 5. The van der Waals surface area contributed by atoms with Crippen LogP contribution >= 0.6 is 0 Å². The van der Waals surface area contributed by atoms with E-state index in [0.717, 1.165) is 51.4 Å². The minimum atomic E-state index is -0.753. The average molecular weight is 629 g/mol. The van der Waals surface area contributed by atoms with Crippen LogP contribution in [0.2, 0.25) is 0 Å². The fraction of sp³-hybridized carbons (Fsp3) is 0.838. The Bertz CT molecular complexity index is 1280. The molecule has 0 heterocycles. The molecule has 4 saturated carbocycles. The largest absolute Gasteiger partial charge is 0.469 e. The number of methoxy groups -OCH3 is 1. The number of hydrogen-bond donors (Lipinski definition) is 0. The van der Waals surface area contributed by atoms with Gasteiger partial charge in [-0.3, -0.25) is 19.2 Å². The van der Waals surface area contributed by atoms with Gasteiger partial charge in [-0.15, -0.1) is 0 Å². The topological polar surface area (TPSA) is 105 Å². The predicted octanol–water partition coefficient (Wildman–Crippen LogP) is 6.98. The van der Waals surface area contributed by atoms with Gasteiger partial charge >= 0.3 is 23.9 Å². The first-order valence-corrected chi connectivity index (χ1v) is 17.1. The van der Waals surface area contributed by atoms with Crippen LogP contribution in [0.5, 0.6) is 0 Å². The van der Waals surface area contributed by atoms with Crippen molar-refractivity contribution in [3.8, 4) is 0 Å². The minimum absolute atomic E-state index is 0.0526. The summed E-state index contributed by atoms with van der Waals surface area (Å²) >= 11 is 0. The quantitative estimate of drug-likeness (QED) is 0.183. The van der Waals surface area contributed by atoms with Gasteiger partial charge in [-0.2, -0.15) is 0 Å². The van der Waals surface area contributed by atoms with Crippen molar-refractivity contribution in [2.24, 2.45) is 50.2 Å². The number of fused-ring (bicyclic) bond motifs is 7. The first-order valence-electron chi connectivity index (χ1n) is 17.1. The number of carbonyl (C=O) groups is 4. The zero-order chi connectivity index (χ0) is 33.4. The average Bonchev–Trinajstić information content (AvgIpc) is 2.93. The summed E-state index contributed by atoms with van der Waals surface area (Å²) < 4.78 is 23.2. The van der Waals surface area contributed by atoms with Gasteiger partial charge in [0.05, 0.1) is 12.5 Å². The third-order valence-corrected chi connectivity index (χ3v) is 14.1. The molecule has 4 fully saturated rings. The summed E-state index contributed by atoms with van der Waals surface area (Å²) in [6.07, 6.45) is 8.94. The van der Waals surface area contributed by atoms with Gasteiger partial charge in [0.15, 0.2) is 0 Å². The lowest BCUT2D eigenvalue weighted by atomic mass is 9.33. The van der Waals surface area contributed by atoms with Crippen LogP contribution in [0.15, 0.2) is 11.6 Å². The molecule has 0 aromatic rings. The number of hydrogen-bond acceptors (Lipinski definition) is 8. The Morgan fingerprint density at radius 2 is 1.44 bits per heavy atom. The Morgan fingerprint density at radius 3 is 2.04 bits per heavy atom. The van der Waals surface area contributed by atoms with Gasteiger partial charge in [-0.1, -0.05) is 53.2 Å². The van der Waals surface area contributed by atoms with Crippen molar-refractivity contribution >= 4 is 23.9 Å². The molecule has 5 rings (SSSR count). The second kappa shape index (κ2) is 11.1. The number of ether oxygens (including phenoxy) is 4. The summed E-state index contributed by atoms with van der Waals surface area (Å²) in [6, 6.07) is 0. The van der Waals surface area contributed by atoms with Crippen molar-refractivity contribution in [3.05, 3.63) is 11.6 Å². The second-order valence-electron chi connectivity index (χ2n) is 17.0. The number of esters is 4. The van der Waals surface area contributed by atoms with Crippen LogP contribution in [0.25, 0.3) is 0 Å². The third-order valence-electron chi connectivity index (χ3n) is 14.1. The zero-order valence-electron chi connectivity index (χ0n) is 29.3. The predicted molar refractivity (Wildman–Crippen MR) is 169 cm³/mol. The van der Waals surface area contributed by atoms with E-state index in [1.807, 2.05) is 6.92 Å². The highest BCUT2D eigenvalue weighted by Gasteiger charge is 2.71. The monoisotopic (exact) mass is 628 g/mol. The van der Waals surface area contributed by atoms with E-state index in [0.29, 0.717) is 6.42 Å². The summed E-state index contributed by atoms with van der Waals surface area (Å²) in [7, 11) is 1.54. The van der Waals surface area contributed by atoms with Crippen molar-refractivity contribution < 1.29 is 38.1 Å². The van der Waals surface area contributed by atoms with Crippen molar-refractivity contribution in [3.63, 3.8) is 0 Å². The van der Waals surface area contributed by atoms with Gasteiger partial charge in [0.1, 0.15) is 18.8 Å². The Morgan fingerprint density at radius 1 is 0.800 bits per heavy atom. The summed E-state index contributed by atoms with van der Waals surface area (Å²) in [5.41, 5.74) is -0.124. The molecule has 0 saturated heterocycles. The second-order valence-corrected chi connectivity index (χ2v) is 17.0. The van der Waals surface area contributed by atoms with Crippen LogP contribution in [0.1, 0.15) is 120 Å². The lowest BCUT2D eigenvalue weighted by Gasteiger charge is -2.71. The number of carbonyl (C=O) groups excluding carboxylic acids is 4. The van der Waals surface area contributed by atoms with Crippen LogP contribution in [-0.2, 0) is 38.1 Å². The SMILES string of the molecule is COC(=O)[C@]12CCC(C)(C)C[C@H]1C1=CC[C@@H]3[C@@]4(C)C[C@@H](OC(C)=O)[C@@H](OC(C)=O)[C@](C)(COC(C)=O)[C@@H]4CC[C@@]3(C)[C@]1(C)CC2. The molecule has 8 nitrogen and oxygen atoms in total. The molecule has 0 unspecified atom stereocenters. The van der Waals surface area contributed by atoms with Gasteiger partial charge in [-0.05, 0) is 97.2 Å². The first-order chi connectivity index (χ1) is 20.8. The molecule has 45 heavy (non-hydrogen) atoms. The smallest absolute Gasteiger partial charge is 0.312 e. The van der Waals surface area contributed by atoms with Crippen molar-refractivity contribution in [2.45, 2.75) is 132 Å². The molecular weight excluding hydrogens is 572 g/mol. The lowest BCUT2D eigenvalue weighted by Crippen LogP contribution is -2.69. The minimum Gasteiger partial charge on any atom is -0.469 e. The van der Waals surface area contributed by atoms with Gasteiger partial charge in [-0.25, -0.2) is 0 Å². The molecule has 0 radical (unpaired) electrons. The lowest BCUT2D eigenvalue weighted by molar-refractivity contribution is -0.255. The molecule has 5 aliphatic rings.